The second kappa shape index (κ2) is 7.12. The van der Waals surface area contributed by atoms with E-state index in [1.807, 2.05) is 6.07 Å². The van der Waals surface area contributed by atoms with Crippen LogP contribution in [0.4, 0.5) is 4.39 Å². The van der Waals surface area contributed by atoms with E-state index in [1.54, 1.807) is 6.07 Å². The first-order chi connectivity index (χ1) is 8.02. The molecular formula is C14H21BrFN. The highest BCUT2D eigenvalue weighted by Crippen LogP contribution is 2.16. The molecule has 0 fully saturated rings. The maximum atomic E-state index is 13.5. The summed E-state index contributed by atoms with van der Waals surface area (Å²) in [6, 6.07) is 5.48. The Morgan fingerprint density at radius 2 is 2.06 bits per heavy atom. The third kappa shape index (κ3) is 5.17. The maximum Gasteiger partial charge on any atom is 0.127 e. The van der Waals surface area contributed by atoms with Crippen LogP contribution in [-0.2, 0) is 6.54 Å². The highest BCUT2D eigenvalue weighted by atomic mass is 79.9. The molecule has 1 aromatic rings. The van der Waals surface area contributed by atoms with Gasteiger partial charge < -0.3 is 5.32 Å². The normalized spacial score (nSPS) is 14.6. The van der Waals surface area contributed by atoms with E-state index in [4.69, 9.17) is 0 Å². The summed E-state index contributed by atoms with van der Waals surface area (Å²) < 4.78 is 14.4. The summed E-state index contributed by atoms with van der Waals surface area (Å²) >= 11 is 3.36. The molecule has 0 heterocycles. The van der Waals surface area contributed by atoms with Gasteiger partial charge in [0.25, 0.3) is 0 Å². The van der Waals surface area contributed by atoms with E-state index in [2.05, 4.69) is 42.0 Å². The quantitative estimate of drug-likeness (QED) is 0.815. The lowest BCUT2D eigenvalue weighted by molar-refractivity contribution is 0.409. The van der Waals surface area contributed by atoms with E-state index in [9.17, 15) is 4.39 Å². The summed E-state index contributed by atoms with van der Waals surface area (Å²) in [7, 11) is 0. The molecule has 0 bridgehead atoms. The summed E-state index contributed by atoms with van der Waals surface area (Å²) in [6.07, 6.45) is 2.32. The number of benzene rings is 1. The molecule has 0 aliphatic rings. The van der Waals surface area contributed by atoms with Crippen molar-refractivity contribution in [2.45, 2.75) is 46.2 Å². The molecule has 1 nitrogen and oxygen atoms in total. The lowest BCUT2D eigenvalue weighted by Gasteiger charge is -2.17. The number of halogens is 2. The molecule has 0 saturated heterocycles. The molecule has 0 amide bonds. The highest BCUT2D eigenvalue weighted by molar-refractivity contribution is 9.10. The fraction of sp³-hybridized carbons (Fsp3) is 0.571. The summed E-state index contributed by atoms with van der Waals surface area (Å²) in [5.74, 6) is 0.571. The molecule has 3 heteroatoms. The van der Waals surface area contributed by atoms with Gasteiger partial charge in [-0.25, -0.2) is 4.39 Å². The Bertz CT molecular complexity index is 354. The van der Waals surface area contributed by atoms with Crippen molar-refractivity contribution in [1.29, 1.82) is 0 Å². The molecule has 2 atom stereocenters. The fourth-order valence-corrected chi connectivity index (χ4v) is 2.23. The van der Waals surface area contributed by atoms with E-state index in [0.29, 0.717) is 18.5 Å². The molecule has 0 radical (unpaired) electrons. The van der Waals surface area contributed by atoms with Crippen LogP contribution in [0.3, 0.4) is 0 Å². The lowest BCUT2D eigenvalue weighted by Crippen LogP contribution is -2.27. The molecule has 17 heavy (non-hydrogen) atoms. The van der Waals surface area contributed by atoms with Gasteiger partial charge in [0, 0.05) is 22.6 Å². The van der Waals surface area contributed by atoms with Crippen molar-refractivity contribution in [2.24, 2.45) is 5.92 Å². The van der Waals surface area contributed by atoms with Crippen molar-refractivity contribution in [3.8, 4) is 0 Å². The fourth-order valence-electron chi connectivity index (χ4n) is 1.82. The Morgan fingerprint density at radius 1 is 1.35 bits per heavy atom. The molecule has 0 aliphatic carbocycles. The van der Waals surface area contributed by atoms with Crippen molar-refractivity contribution in [1.82, 2.24) is 5.32 Å². The summed E-state index contributed by atoms with van der Waals surface area (Å²) in [6.45, 7) is 7.19. The second-order valence-corrected chi connectivity index (χ2v) is 5.68. The number of rotatable bonds is 6. The Labute approximate surface area is 112 Å². The lowest BCUT2D eigenvalue weighted by atomic mass is 10.0. The van der Waals surface area contributed by atoms with Crippen LogP contribution >= 0.6 is 15.9 Å². The zero-order chi connectivity index (χ0) is 12.8. The molecule has 0 spiro atoms. The molecule has 1 aromatic carbocycles. The molecule has 0 aromatic heterocycles. The van der Waals surface area contributed by atoms with E-state index in [0.717, 1.165) is 16.5 Å². The van der Waals surface area contributed by atoms with Crippen LogP contribution in [0.15, 0.2) is 22.7 Å². The van der Waals surface area contributed by atoms with Crippen LogP contribution in [0.1, 0.15) is 39.2 Å². The average molecular weight is 302 g/mol. The van der Waals surface area contributed by atoms with Crippen molar-refractivity contribution < 1.29 is 4.39 Å². The summed E-state index contributed by atoms with van der Waals surface area (Å²) in [5.41, 5.74) is 0.718. The van der Waals surface area contributed by atoms with Crippen molar-refractivity contribution in [2.75, 3.05) is 0 Å². The number of hydrogen-bond acceptors (Lipinski definition) is 1. The van der Waals surface area contributed by atoms with E-state index >= 15 is 0 Å². The summed E-state index contributed by atoms with van der Waals surface area (Å²) in [5, 5.41) is 3.37. The van der Waals surface area contributed by atoms with Crippen LogP contribution in [-0.4, -0.2) is 6.04 Å². The van der Waals surface area contributed by atoms with Crippen LogP contribution in [0.5, 0.6) is 0 Å². The minimum absolute atomic E-state index is 0.142. The molecule has 2 unspecified atom stereocenters. The molecule has 0 saturated carbocycles. The maximum absolute atomic E-state index is 13.5. The Kier molecular flexibility index (Phi) is 6.14. The summed E-state index contributed by atoms with van der Waals surface area (Å²) in [4.78, 5) is 0. The van der Waals surface area contributed by atoms with Gasteiger partial charge in [-0.15, -0.1) is 0 Å². The molecule has 1 rings (SSSR count). The van der Waals surface area contributed by atoms with Gasteiger partial charge in [0.05, 0.1) is 0 Å². The molecular weight excluding hydrogens is 281 g/mol. The first-order valence-electron chi connectivity index (χ1n) is 6.20. The molecule has 1 N–H and O–H groups in total. The van der Waals surface area contributed by atoms with E-state index in [-0.39, 0.29) is 5.82 Å². The third-order valence-electron chi connectivity index (χ3n) is 3.10. The van der Waals surface area contributed by atoms with Gasteiger partial charge in [-0.05, 0) is 37.5 Å². The minimum Gasteiger partial charge on any atom is -0.310 e. The van der Waals surface area contributed by atoms with Crippen LogP contribution in [0.2, 0.25) is 0 Å². The Morgan fingerprint density at radius 3 is 2.71 bits per heavy atom. The van der Waals surface area contributed by atoms with Crippen molar-refractivity contribution in [3.63, 3.8) is 0 Å². The SMILES string of the molecule is CCC(C)CC(C)NCc1cc(Br)ccc1F. The minimum atomic E-state index is -0.142. The first kappa shape index (κ1) is 14.7. The topological polar surface area (TPSA) is 12.0 Å². The van der Waals surface area contributed by atoms with Gasteiger partial charge in [0.2, 0.25) is 0 Å². The van der Waals surface area contributed by atoms with Crippen molar-refractivity contribution >= 4 is 15.9 Å². The first-order valence-corrected chi connectivity index (χ1v) is 6.99. The van der Waals surface area contributed by atoms with E-state index in [1.165, 1.54) is 12.5 Å². The predicted molar refractivity (Wildman–Crippen MR) is 74.5 cm³/mol. The van der Waals surface area contributed by atoms with E-state index < -0.39 is 0 Å². The van der Waals surface area contributed by atoms with Gasteiger partial charge >= 0.3 is 0 Å². The van der Waals surface area contributed by atoms with Gasteiger partial charge in [-0.2, -0.15) is 0 Å². The Balaban J connectivity index is 2.47. The van der Waals surface area contributed by atoms with Crippen LogP contribution < -0.4 is 5.32 Å². The smallest absolute Gasteiger partial charge is 0.127 e. The van der Waals surface area contributed by atoms with Crippen molar-refractivity contribution in [3.05, 3.63) is 34.1 Å². The second-order valence-electron chi connectivity index (χ2n) is 4.77. The average Bonchev–Trinajstić information content (AvgIpc) is 2.30. The largest absolute Gasteiger partial charge is 0.310 e. The monoisotopic (exact) mass is 301 g/mol. The zero-order valence-electron chi connectivity index (χ0n) is 10.8. The number of nitrogens with one attached hydrogen (secondary N) is 1. The molecule has 96 valence electrons. The molecule has 0 aliphatic heterocycles. The van der Waals surface area contributed by atoms with Gasteiger partial charge in [-0.3, -0.25) is 0 Å². The third-order valence-corrected chi connectivity index (χ3v) is 3.59. The number of hydrogen-bond donors (Lipinski definition) is 1. The highest BCUT2D eigenvalue weighted by Gasteiger charge is 2.08. The predicted octanol–water partition coefficient (Wildman–Crippen LogP) is 4.50. The van der Waals surface area contributed by atoms with Crippen LogP contribution in [0.25, 0.3) is 0 Å². The van der Waals surface area contributed by atoms with Gasteiger partial charge in [0.15, 0.2) is 0 Å². The Hall–Kier alpha value is -0.410. The van der Waals surface area contributed by atoms with Gasteiger partial charge in [-0.1, -0.05) is 36.2 Å². The standard InChI is InChI=1S/C14H21BrFN/c1-4-10(2)7-11(3)17-9-12-8-13(15)5-6-14(12)16/h5-6,8,10-11,17H,4,7,9H2,1-3H3. The zero-order valence-corrected chi connectivity index (χ0v) is 12.3. The van der Waals surface area contributed by atoms with Gasteiger partial charge in [0.1, 0.15) is 5.82 Å². The van der Waals surface area contributed by atoms with Crippen LogP contribution in [0, 0.1) is 11.7 Å².